The molecule has 0 fully saturated rings. The van der Waals surface area contributed by atoms with Crippen molar-refractivity contribution in [3.63, 3.8) is 0 Å². The van der Waals surface area contributed by atoms with Crippen LogP contribution in [0.15, 0.2) is 0 Å². The molecule has 16 heavy (non-hydrogen) atoms. The van der Waals surface area contributed by atoms with Crippen LogP contribution in [0.2, 0.25) is 0 Å². The van der Waals surface area contributed by atoms with Crippen molar-refractivity contribution in [3.05, 3.63) is 0 Å². The summed E-state index contributed by atoms with van der Waals surface area (Å²) in [6, 6.07) is 0. The summed E-state index contributed by atoms with van der Waals surface area (Å²) in [5, 5.41) is 9.11. The molecule has 96 valence electrons. The number of carbonyl (C=O) groups is 1. The lowest BCUT2D eigenvalue weighted by molar-refractivity contribution is 0.0210. The Labute approximate surface area is 98.6 Å². The molecule has 0 aliphatic carbocycles. The van der Waals surface area contributed by atoms with Crippen LogP contribution in [-0.4, -0.2) is 41.4 Å². The van der Waals surface area contributed by atoms with E-state index in [9.17, 15) is 4.79 Å². The van der Waals surface area contributed by atoms with Gasteiger partial charge in [-0.15, -0.1) is 0 Å². The number of rotatable bonds is 5. The van der Waals surface area contributed by atoms with Gasteiger partial charge in [0.2, 0.25) is 0 Å². The number of aliphatic hydroxyl groups is 1. The third-order valence-corrected chi connectivity index (χ3v) is 2.35. The topological polar surface area (TPSA) is 49.8 Å². The van der Waals surface area contributed by atoms with E-state index in [0.29, 0.717) is 13.1 Å². The smallest absolute Gasteiger partial charge is 0.410 e. The van der Waals surface area contributed by atoms with E-state index in [1.165, 1.54) is 0 Å². The summed E-state index contributed by atoms with van der Waals surface area (Å²) in [5.74, 6) is 0.132. The minimum absolute atomic E-state index is 0.107. The minimum atomic E-state index is -0.467. The summed E-state index contributed by atoms with van der Waals surface area (Å²) < 4.78 is 5.29. The van der Waals surface area contributed by atoms with Gasteiger partial charge in [-0.2, -0.15) is 0 Å². The molecule has 0 aromatic heterocycles. The predicted octanol–water partition coefficient (Wildman–Crippen LogP) is 2.26. The molecule has 0 aliphatic heterocycles. The second-order valence-corrected chi connectivity index (χ2v) is 4.98. The molecule has 0 heterocycles. The molecule has 0 spiro atoms. The summed E-state index contributed by atoms with van der Waals surface area (Å²) in [5.41, 5.74) is -0.467. The molecule has 0 bridgehead atoms. The van der Waals surface area contributed by atoms with Gasteiger partial charge >= 0.3 is 6.09 Å². The van der Waals surface area contributed by atoms with Crippen LogP contribution >= 0.6 is 0 Å². The van der Waals surface area contributed by atoms with Crippen LogP contribution in [0.4, 0.5) is 4.79 Å². The van der Waals surface area contributed by atoms with Gasteiger partial charge in [-0.05, 0) is 40.0 Å². The van der Waals surface area contributed by atoms with E-state index in [2.05, 4.69) is 0 Å². The summed E-state index contributed by atoms with van der Waals surface area (Å²) >= 11 is 0. The quantitative estimate of drug-likeness (QED) is 0.789. The van der Waals surface area contributed by atoms with Crippen LogP contribution < -0.4 is 0 Å². The molecule has 0 radical (unpaired) electrons. The second kappa shape index (κ2) is 6.74. The molecule has 1 unspecified atom stereocenters. The molecule has 1 atom stereocenters. The van der Waals surface area contributed by atoms with Crippen molar-refractivity contribution in [3.8, 4) is 0 Å². The molecule has 0 aromatic carbocycles. The molecule has 0 saturated carbocycles. The van der Waals surface area contributed by atoms with Crippen LogP contribution in [-0.2, 0) is 4.74 Å². The highest BCUT2D eigenvalue weighted by molar-refractivity contribution is 5.68. The average molecular weight is 231 g/mol. The van der Waals surface area contributed by atoms with Crippen molar-refractivity contribution in [2.24, 2.45) is 5.92 Å². The highest BCUT2D eigenvalue weighted by atomic mass is 16.6. The lowest BCUT2D eigenvalue weighted by atomic mass is 10.1. The standard InChI is InChI=1S/C12H25NO3/c1-6-10(9-14)8-13(7-2)11(15)16-12(3,4)5/h10,14H,6-9H2,1-5H3. The van der Waals surface area contributed by atoms with Crippen LogP contribution in [0.25, 0.3) is 0 Å². The van der Waals surface area contributed by atoms with Gasteiger partial charge in [-0.1, -0.05) is 6.92 Å². The van der Waals surface area contributed by atoms with E-state index in [1.54, 1.807) is 4.90 Å². The molecule has 0 saturated heterocycles. The largest absolute Gasteiger partial charge is 0.444 e. The van der Waals surface area contributed by atoms with Crippen molar-refractivity contribution in [2.75, 3.05) is 19.7 Å². The summed E-state index contributed by atoms with van der Waals surface area (Å²) in [6.45, 7) is 10.7. The lowest BCUT2D eigenvalue weighted by Gasteiger charge is -2.28. The zero-order chi connectivity index (χ0) is 12.8. The fourth-order valence-electron chi connectivity index (χ4n) is 1.29. The Bertz CT molecular complexity index is 207. The number of hydrogen-bond donors (Lipinski definition) is 1. The monoisotopic (exact) mass is 231 g/mol. The summed E-state index contributed by atoms with van der Waals surface area (Å²) in [6.07, 6.45) is 0.553. The maximum Gasteiger partial charge on any atom is 0.410 e. The fourth-order valence-corrected chi connectivity index (χ4v) is 1.29. The van der Waals surface area contributed by atoms with Gasteiger partial charge in [0.15, 0.2) is 0 Å². The zero-order valence-corrected chi connectivity index (χ0v) is 11.1. The van der Waals surface area contributed by atoms with Crippen molar-refractivity contribution in [1.82, 2.24) is 4.90 Å². The Balaban J connectivity index is 4.32. The minimum Gasteiger partial charge on any atom is -0.444 e. The fraction of sp³-hybridized carbons (Fsp3) is 0.917. The first kappa shape index (κ1) is 15.2. The summed E-state index contributed by atoms with van der Waals surface area (Å²) in [7, 11) is 0. The van der Waals surface area contributed by atoms with Gasteiger partial charge in [0.25, 0.3) is 0 Å². The van der Waals surface area contributed by atoms with Crippen molar-refractivity contribution in [2.45, 2.75) is 46.6 Å². The number of amides is 1. The molecule has 1 N–H and O–H groups in total. The van der Waals surface area contributed by atoms with Crippen molar-refractivity contribution >= 4 is 6.09 Å². The van der Waals surface area contributed by atoms with Crippen LogP contribution in [0, 0.1) is 5.92 Å². The molecule has 0 aliphatic rings. The second-order valence-electron chi connectivity index (χ2n) is 4.98. The Kier molecular flexibility index (Phi) is 6.41. The molecule has 0 rings (SSSR count). The first-order valence-corrected chi connectivity index (χ1v) is 5.92. The Morgan fingerprint density at radius 2 is 1.94 bits per heavy atom. The third kappa shape index (κ3) is 5.95. The third-order valence-electron chi connectivity index (χ3n) is 2.35. The number of hydrogen-bond acceptors (Lipinski definition) is 3. The van der Waals surface area contributed by atoms with E-state index >= 15 is 0 Å². The number of aliphatic hydroxyl groups excluding tert-OH is 1. The van der Waals surface area contributed by atoms with E-state index in [4.69, 9.17) is 9.84 Å². The zero-order valence-electron chi connectivity index (χ0n) is 11.1. The highest BCUT2D eigenvalue weighted by Crippen LogP contribution is 2.12. The van der Waals surface area contributed by atoms with Crippen molar-refractivity contribution < 1.29 is 14.6 Å². The Morgan fingerprint density at radius 3 is 2.25 bits per heavy atom. The van der Waals surface area contributed by atoms with Crippen LogP contribution in [0.1, 0.15) is 41.0 Å². The van der Waals surface area contributed by atoms with Gasteiger partial charge in [-0.25, -0.2) is 4.79 Å². The van der Waals surface area contributed by atoms with E-state index in [-0.39, 0.29) is 18.6 Å². The number of ether oxygens (including phenoxy) is 1. The molecule has 4 heteroatoms. The van der Waals surface area contributed by atoms with Gasteiger partial charge in [-0.3, -0.25) is 0 Å². The van der Waals surface area contributed by atoms with Gasteiger partial charge in [0.05, 0.1) is 0 Å². The number of nitrogens with zero attached hydrogens (tertiary/aromatic N) is 1. The maximum atomic E-state index is 11.8. The van der Waals surface area contributed by atoms with Crippen LogP contribution in [0.5, 0.6) is 0 Å². The van der Waals surface area contributed by atoms with Crippen LogP contribution in [0.3, 0.4) is 0 Å². The molecule has 0 aromatic rings. The molecular weight excluding hydrogens is 206 g/mol. The van der Waals surface area contributed by atoms with E-state index in [0.717, 1.165) is 6.42 Å². The van der Waals surface area contributed by atoms with E-state index in [1.807, 2.05) is 34.6 Å². The lowest BCUT2D eigenvalue weighted by Crippen LogP contribution is -2.40. The number of carbonyl (C=O) groups excluding carboxylic acids is 1. The SMILES string of the molecule is CCC(CO)CN(CC)C(=O)OC(C)(C)C. The average Bonchev–Trinajstić information content (AvgIpc) is 2.17. The molecular formula is C12H25NO3. The van der Waals surface area contributed by atoms with Gasteiger partial charge in [0, 0.05) is 19.7 Å². The van der Waals surface area contributed by atoms with Gasteiger partial charge < -0.3 is 14.7 Å². The maximum absolute atomic E-state index is 11.8. The van der Waals surface area contributed by atoms with Gasteiger partial charge in [0.1, 0.15) is 5.60 Å². The Hall–Kier alpha value is -0.770. The molecule has 1 amide bonds. The first-order chi connectivity index (χ1) is 7.34. The first-order valence-electron chi connectivity index (χ1n) is 5.92. The highest BCUT2D eigenvalue weighted by Gasteiger charge is 2.22. The predicted molar refractivity (Wildman–Crippen MR) is 64.3 cm³/mol. The van der Waals surface area contributed by atoms with E-state index < -0.39 is 5.60 Å². The summed E-state index contributed by atoms with van der Waals surface area (Å²) in [4.78, 5) is 13.4. The molecule has 4 nitrogen and oxygen atoms in total. The normalized spacial score (nSPS) is 13.4. The Morgan fingerprint density at radius 1 is 1.38 bits per heavy atom. The van der Waals surface area contributed by atoms with Crippen molar-refractivity contribution in [1.29, 1.82) is 0 Å².